The van der Waals surface area contributed by atoms with Crippen LogP contribution in [0.15, 0.2) is 53.1 Å². The zero-order chi connectivity index (χ0) is 26.9. The molecule has 0 spiro atoms. The maximum Gasteiger partial charge on any atom is 0.230 e. The minimum atomic E-state index is 0.433. The van der Waals surface area contributed by atoms with E-state index < -0.39 is 0 Å². The Morgan fingerprint density at radius 1 is 0.590 bits per heavy atom. The third-order valence-corrected chi connectivity index (χ3v) is 9.77. The molecule has 39 heavy (non-hydrogen) atoms. The van der Waals surface area contributed by atoms with E-state index in [4.69, 9.17) is 9.51 Å². The number of unbranched alkanes of at least 4 members (excludes halogenated alkanes) is 4. The second-order valence-corrected chi connectivity index (χ2v) is 12.6. The van der Waals surface area contributed by atoms with Gasteiger partial charge in [-0.3, -0.25) is 0 Å². The number of hydrogen-bond donors (Lipinski definition) is 0. The summed E-state index contributed by atoms with van der Waals surface area (Å²) in [5.41, 5.74) is 5.09. The third-order valence-electron chi connectivity index (χ3n) is 9.77. The highest BCUT2D eigenvalue weighted by molar-refractivity contribution is 5.67. The van der Waals surface area contributed by atoms with Crippen LogP contribution < -0.4 is 0 Å². The van der Waals surface area contributed by atoms with Crippen molar-refractivity contribution in [1.82, 2.24) is 10.1 Å². The Morgan fingerprint density at radius 3 is 1.62 bits per heavy atom. The van der Waals surface area contributed by atoms with Gasteiger partial charge < -0.3 is 4.52 Å². The normalized spacial score (nSPS) is 23.6. The first-order valence-electron chi connectivity index (χ1n) is 16.3. The molecular weight excluding hydrogens is 476 g/mol. The van der Waals surface area contributed by atoms with Crippen LogP contribution >= 0.6 is 0 Å². The van der Waals surface area contributed by atoms with E-state index in [0.717, 1.165) is 35.0 Å². The molecule has 2 aliphatic rings. The molecule has 2 fully saturated rings. The predicted octanol–water partition coefficient (Wildman–Crippen LogP) is 11.1. The Morgan fingerprint density at radius 2 is 1.08 bits per heavy atom. The van der Waals surface area contributed by atoms with E-state index in [0.29, 0.717) is 5.92 Å². The molecule has 2 saturated carbocycles. The molecule has 0 amide bonds. The van der Waals surface area contributed by atoms with Gasteiger partial charge in [0, 0.05) is 11.5 Å². The van der Waals surface area contributed by atoms with Crippen LogP contribution in [-0.4, -0.2) is 10.1 Å². The molecule has 2 aromatic carbocycles. The van der Waals surface area contributed by atoms with Crippen LogP contribution in [0.25, 0.3) is 22.5 Å². The van der Waals surface area contributed by atoms with E-state index in [9.17, 15) is 0 Å². The number of nitrogens with zero attached hydrogens (tertiary/aromatic N) is 2. The van der Waals surface area contributed by atoms with Crippen LogP contribution in [0, 0.1) is 11.8 Å². The molecule has 0 aliphatic heterocycles. The van der Waals surface area contributed by atoms with Crippen molar-refractivity contribution in [2.45, 2.75) is 128 Å². The van der Waals surface area contributed by atoms with Crippen molar-refractivity contribution in [1.29, 1.82) is 0 Å². The Labute approximate surface area is 237 Å². The Kier molecular flexibility index (Phi) is 10.3. The van der Waals surface area contributed by atoms with E-state index in [2.05, 4.69) is 67.5 Å². The quantitative estimate of drug-likeness (QED) is 0.220. The van der Waals surface area contributed by atoms with Gasteiger partial charge in [-0.2, -0.15) is 4.98 Å². The van der Waals surface area contributed by atoms with Crippen molar-refractivity contribution in [2.24, 2.45) is 11.8 Å². The zero-order valence-corrected chi connectivity index (χ0v) is 24.5. The van der Waals surface area contributed by atoms with Crippen LogP contribution in [0.1, 0.15) is 140 Å². The summed E-state index contributed by atoms with van der Waals surface area (Å²) >= 11 is 0. The number of benzene rings is 2. The average Bonchev–Trinajstić information content (AvgIpc) is 3.49. The molecule has 0 N–H and O–H groups in total. The molecule has 210 valence electrons. The van der Waals surface area contributed by atoms with E-state index in [1.165, 1.54) is 119 Å². The third kappa shape index (κ3) is 7.62. The molecule has 3 nitrogen and oxygen atoms in total. The van der Waals surface area contributed by atoms with Crippen molar-refractivity contribution in [3.8, 4) is 22.5 Å². The molecule has 0 radical (unpaired) electrons. The van der Waals surface area contributed by atoms with Gasteiger partial charge in [-0.1, -0.05) is 119 Å². The van der Waals surface area contributed by atoms with Crippen molar-refractivity contribution in [3.63, 3.8) is 0 Å². The van der Waals surface area contributed by atoms with Gasteiger partial charge >= 0.3 is 0 Å². The molecule has 1 heterocycles. The highest BCUT2D eigenvalue weighted by atomic mass is 16.5. The van der Waals surface area contributed by atoms with Crippen LogP contribution in [0.5, 0.6) is 0 Å². The molecule has 0 saturated heterocycles. The van der Waals surface area contributed by atoms with Gasteiger partial charge in [0.1, 0.15) is 0 Å². The van der Waals surface area contributed by atoms with Gasteiger partial charge in [0.2, 0.25) is 11.7 Å². The zero-order valence-electron chi connectivity index (χ0n) is 24.5. The molecular formula is C36H50N2O. The van der Waals surface area contributed by atoms with Crippen molar-refractivity contribution in [2.75, 3.05) is 0 Å². The summed E-state index contributed by atoms with van der Waals surface area (Å²) in [6.07, 6.45) is 21.6. The fraction of sp³-hybridized carbons (Fsp3) is 0.611. The Hall–Kier alpha value is -2.42. The fourth-order valence-corrected chi connectivity index (χ4v) is 7.13. The van der Waals surface area contributed by atoms with Gasteiger partial charge in [-0.15, -0.1) is 0 Å². The average molecular weight is 527 g/mol. The number of aromatic nitrogens is 2. The van der Waals surface area contributed by atoms with E-state index in [1.807, 2.05) is 0 Å². The van der Waals surface area contributed by atoms with Crippen molar-refractivity contribution in [3.05, 3.63) is 60.0 Å². The predicted molar refractivity (Wildman–Crippen MR) is 163 cm³/mol. The van der Waals surface area contributed by atoms with Gasteiger partial charge in [0.15, 0.2) is 0 Å². The minimum absolute atomic E-state index is 0.433. The number of hydrogen-bond acceptors (Lipinski definition) is 3. The monoisotopic (exact) mass is 526 g/mol. The van der Waals surface area contributed by atoms with E-state index >= 15 is 0 Å². The van der Waals surface area contributed by atoms with Crippen molar-refractivity contribution < 1.29 is 4.52 Å². The summed E-state index contributed by atoms with van der Waals surface area (Å²) in [4.78, 5) is 4.82. The first kappa shape index (κ1) is 28.1. The first-order chi connectivity index (χ1) is 19.2. The summed E-state index contributed by atoms with van der Waals surface area (Å²) < 4.78 is 5.75. The largest absolute Gasteiger partial charge is 0.339 e. The smallest absolute Gasteiger partial charge is 0.230 e. The second-order valence-electron chi connectivity index (χ2n) is 12.6. The highest BCUT2D eigenvalue weighted by Gasteiger charge is 2.26. The van der Waals surface area contributed by atoms with E-state index in [-0.39, 0.29) is 0 Å². The molecule has 3 heteroatoms. The van der Waals surface area contributed by atoms with Crippen LogP contribution in [-0.2, 0) is 0 Å². The maximum atomic E-state index is 5.75. The Bertz CT molecular complexity index is 1100. The molecule has 0 bridgehead atoms. The lowest BCUT2D eigenvalue weighted by Crippen LogP contribution is -2.13. The second kappa shape index (κ2) is 14.3. The standard InChI is InChI=1S/C36H50N2O/c1-3-5-7-9-27-11-15-29(16-12-27)30-19-21-31(22-20-30)32-23-25-33(26-24-32)35-37-36(39-38-35)34-17-13-28(14-18-34)10-8-6-4-2/h19-29,34H,3-18H2,1-2H3. The van der Waals surface area contributed by atoms with Crippen LogP contribution in [0.3, 0.4) is 0 Å². The summed E-state index contributed by atoms with van der Waals surface area (Å²) in [5, 5.41) is 4.35. The maximum absolute atomic E-state index is 5.75. The lowest BCUT2D eigenvalue weighted by Gasteiger charge is -2.29. The van der Waals surface area contributed by atoms with Gasteiger partial charge in [0.25, 0.3) is 0 Å². The van der Waals surface area contributed by atoms with Crippen molar-refractivity contribution >= 4 is 0 Å². The SMILES string of the molecule is CCCCCC1CCC(c2ccc(-c3ccc(-c4noc(C5CCC(CCCCC)CC5)n4)cc3)cc2)CC1. The molecule has 2 aliphatic carbocycles. The summed E-state index contributed by atoms with van der Waals surface area (Å²) in [7, 11) is 0. The number of rotatable bonds is 12. The fourth-order valence-electron chi connectivity index (χ4n) is 7.13. The summed E-state index contributed by atoms with van der Waals surface area (Å²) in [5.74, 6) is 4.60. The van der Waals surface area contributed by atoms with E-state index in [1.54, 1.807) is 0 Å². The molecule has 5 rings (SSSR count). The first-order valence-corrected chi connectivity index (χ1v) is 16.3. The Balaban J connectivity index is 1.12. The highest BCUT2D eigenvalue weighted by Crippen LogP contribution is 2.39. The lowest BCUT2D eigenvalue weighted by molar-refractivity contribution is 0.259. The van der Waals surface area contributed by atoms with Gasteiger partial charge in [0.05, 0.1) is 0 Å². The lowest BCUT2D eigenvalue weighted by atomic mass is 9.77. The topological polar surface area (TPSA) is 38.9 Å². The molecule has 3 aromatic rings. The molecule has 0 unspecified atom stereocenters. The molecule has 1 aromatic heterocycles. The van der Waals surface area contributed by atoms with Gasteiger partial charge in [-0.25, -0.2) is 0 Å². The summed E-state index contributed by atoms with van der Waals surface area (Å²) in [6.45, 7) is 4.59. The van der Waals surface area contributed by atoms with Gasteiger partial charge in [-0.05, 0) is 85.8 Å². The van der Waals surface area contributed by atoms with Crippen LogP contribution in [0.4, 0.5) is 0 Å². The van der Waals surface area contributed by atoms with Crippen LogP contribution in [0.2, 0.25) is 0 Å². The molecule has 0 atom stereocenters. The summed E-state index contributed by atoms with van der Waals surface area (Å²) in [6, 6.07) is 18.0. The minimum Gasteiger partial charge on any atom is -0.339 e.